The van der Waals surface area contributed by atoms with Gasteiger partial charge in [0.1, 0.15) is 30.6 Å². The van der Waals surface area contributed by atoms with Gasteiger partial charge in [0.15, 0.2) is 0 Å². The fraction of sp³-hybridized carbons (Fsp3) is 0.400. The summed E-state index contributed by atoms with van der Waals surface area (Å²) in [6.07, 6.45) is 2.65. The van der Waals surface area contributed by atoms with Crippen molar-refractivity contribution in [2.75, 3.05) is 13.1 Å². The molecule has 0 spiro atoms. The number of pyridine rings is 1. The van der Waals surface area contributed by atoms with Crippen LogP contribution < -0.4 is 10.1 Å². The lowest BCUT2D eigenvalue weighted by Gasteiger charge is -2.38. The molecule has 1 aromatic carbocycles. The molecule has 28 heavy (non-hydrogen) atoms. The Labute approximate surface area is 162 Å². The van der Waals surface area contributed by atoms with Gasteiger partial charge in [-0.3, -0.25) is 4.98 Å². The number of carbonyl (C=O) groups excluding carboxylic acids is 1. The number of aromatic nitrogens is 1. The van der Waals surface area contributed by atoms with Crippen LogP contribution in [0.15, 0.2) is 36.7 Å². The molecule has 3 rings (SSSR count). The van der Waals surface area contributed by atoms with Crippen molar-refractivity contribution < 1.29 is 23.0 Å². The van der Waals surface area contributed by atoms with Gasteiger partial charge in [-0.05, 0) is 19.9 Å². The fourth-order valence-electron chi connectivity index (χ4n) is 3.15. The first-order valence-corrected chi connectivity index (χ1v) is 9.11. The number of carbonyl (C=O) groups is 1. The molecule has 0 aliphatic carbocycles. The first-order valence-electron chi connectivity index (χ1n) is 9.11. The summed E-state index contributed by atoms with van der Waals surface area (Å²) in [6.45, 7) is 4.72. The van der Waals surface area contributed by atoms with Crippen LogP contribution in [0.3, 0.4) is 0 Å². The maximum Gasteiger partial charge on any atom is 0.410 e. The molecule has 2 atom stereocenters. The highest BCUT2D eigenvalue weighted by Crippen LogP contribution is 2.23. The summed E-state index contributed by atoms with van der Waals surface area (Å²) >= 11 is 0. The number of piperazine rings is 1. The monoisotopic (exact) mass is 391 g/mol. The molecule has 2 aromatic rings. The second kappa shape index (κ2) is 8.97. The van der Waals surface area contributed by atoms with E-state index < -0.39 is 24.3 Å². The van der Waals surface area contributed by atoms with Crippen molar-refractivity contribution in [3.63, 3.8) is 0 Å². The molecular weight excluding hydrogens is 368 g/mol. The summed E-state index contributed by atoms with van der Waals surface area (Å²) in [4.78, 5) is 17.9. The summed E-state index contributed by atoms with van der Waals surface area (Å²) in [6, 6.07) is 5.59. The number of rotatable bonds is 5. The molecule has 0 saturated carbocycles. The van der Waals surface area contributed by atoms with Crippen molar-refractivity contribution in [1.29, 1.82) is 0 Å². The number of hydrogen-bond donors (Lipinski definition) is 1. The third-order valence-electron chi connectivity index (χ3n) is 4.62. The normalized spacial score (nSPS) is 19.4. The summed E-state index contributed by atoms with van der Waals surface area (Å²) in [5, 5.41) is 3.20. The quantitative estimate of drug-likeness (QED) is 0.848. The first kappa shape index (κ1) is 20.0. The number of benzene rings is 1. The van der Waals surface area contributed by atoms with E-state index >= 15 is 0 Å². The summed E-state index contributed by atoms with van der Waals surface area (Å²) < 4.78 is 39.3. The van der Waals surface area contributed by atoms with E-state index in [1.54, 1.807) is 29.4 Å². The van der Waals surface area contributed by atoms with Crippen LogP contribution in [-0.4, -0.2) is 41.2 Å². The van der Waals surface area contributed by atoms with E-state index in [0.717, 1.165) is 17.7 Å². The van der Waals surface area contributed by atoms with Crippen molar-refractivity contribution in [1.82, 2.24) is 15.2 Å². The fourth-order valence-corrected chi connectivity index (χ4v) is 3.15. The van der Waals surface area contributed by atoms with Gasteiger partial charge in [-0.2, -0.15) is 0 Å². The van der Waals surface area contributed by atoms with Crippen molar-refractivity contribution in [3.05, 3.63) is 59.4 Å². The van der Waals surface area contributed by atoms with Gasteiger partial charge in [-0.1, -0.05) is 6.07 Å². The third kappa shape index (κ3) is 4.75. The molecule has 1 aliphatic rings. The van der Waals surface area contributed by atoms with Gasteiger partial charge in [0.05, 0.1) is 5.56 Å². The largest absolute Gasteiger partial charge is 0.489 e. The van der Waals surface area contributed by atoms with Gasteiger partial charge in [-0.15, -0.1) is 0 Å². The molecule has 1 fully saturated rings. The highest BCUT2D eigenvalue weighted by molar-refractivity contribution is 5.68. The van der Waals surface area contributed by atoms with Crippen LogP contribution in [0, 0.1) is 11.6 Å². The highest BCUT2D eigenvalue weighted by atomic mass is 19.1. The highest BCUT2D eigenvalue weighted by Gasteiger charge is 2.30. The Morgan fingerprint density at radius 2 is 1.89 bits per heavy atom. The van der Waals surface area contributed by atoms with Gasteiger partial charge >= 0.3 is 6.09 Å². The summed E-state index contributed by atoms with van der Waals surface area (Å²) in [5.74, 6) is -1.59. The lowest BCUT2D eigenvalue weighted by atomic mass is 10.1. The number of nitrogens with one attached hydrogen (secondary N) is 1. The van der Waals surface area contributed by atoms with Crippen LogP contribution in [0.1, 0.15) is 25.0 Å². The lowest BCUT2D eigenvalue weighted by Crippen LogP contribution is -2.57. The maximum absolute atomic E-state index is 14.3. The van der Waals surface area contributed by atoms with E-state index in [-0.39, 0.29) is 30.0 Å². The Morgan fingerprint density at radius 1 is 1.21 bits per heavy atom. The zero-order valence-electron chi connectivity index (χ0n) is 15.8. The molecule has 1 aromatic heterocycles. The van der Waals surface area contributed by atoms with E-state index in [9.17, 15) is 13.6 Å². The van der Waals surface area contributed by atoms with Gasteiger partial charge in [0.2, 0.25) is 0 Å². The average molecular weight is 391 g/mol. The minimum atomic E-state index is -0.824. The van der Waals surface area contributed by atoms with Crippen LogP contribution >= 0.6 is 0 Å². The molecule has 150 valence electrons. The molecule has 0 bridgehead atoms. The topological polar surface area (TPSA) is 63.7 Å². The van der Waals surface area contributed by atoms with Crippen LogP contribution in [-0.2, 0) is 18.0 Å². The van der Waals surface area contributed by atoms with Crippen molar-refractivity contribution in [2.45, 2.75) is 39.1 Å². The number of nitrogens with zero attached hydrogens (tertiary/aromatic N) is 2. The minimum Gasteiger partial charge on any atom is -0.489 e. The third-order valence-corrected chi connectivity index (χ3v) is 4.62. The van der Waals surface area contributed by atoms with Crippen LogP contribution in [0.2, 0.25) is 0 Å². The number of halogens is 2. The van der Waals surface area contributed by atoms with Crippen LogP contribution in [0.5, 0.6) is 5.75 Å². The Balaban J connectivity index is 1.62. The minimum absolute atomic E-state index is 0.0540. The Hall–Kier alpha value is -2.74. The lowest BCUT2D eigenvalue weighted by molar-refractivity contribution is 0.0551. The van der Waals surface area contributed by atoms with Gasteiger partial charge in [0.25, 0.3) is 0 Å². The molecule has 1 saturated heterocycles. The second-order valence-electron chi connectivity index (χ2n) is 6.83. The Kier molecular flexibility index (Phi) is 6.41. The van der Waals surface area contributed by atoms with Gasteiger partial charge in [-0.25, -0.2) is 13.6 Å². The summed E-state index contributed by atoms with van der Waals surface area (Å²) in [7, 11) is 0. The second-order valence-corrected chi connectivity index (χ2v) is 6.83. The number of ether oxygens (including phenoxy) is 2. The maximum atomic E-state index is 14.3. The average Bonchev–Trinajstić information content (AvgIpc) is 2.66. The van der Waals surface area contributed by atoms with E-state index in [0.29, 0.717) is 13.1 Å². The van der Waals surface area contributed by atoms with E-state index in [4.69, 9.17) is 9.47 Å². The SMILES string of the molecule is C[C@@H]1CNC[C@H](C)N1C(=O)OCc1c(F)cc(OCc2cccnc2)cc1F. The zero-order valence-corrected chi connectivity index (χ0v) is 15.8. The van der Waals surface area contributed by atoms with Crippen molar-refractivity contribution >= 4 is 6.09 Å². The molecule has 1 amide bonds. The molecule has 0 unspecified atom stereocenters. The van der Waals surface area contributed by atoms with E-state index in [2.05, 4.69) is 10.3 Å². The predicted molar refractivity (Wildman–Crippen MR) is 98.7 cm³/mol. The molecule has 0 radical (unpaired) electrons. The Morgan fingerprint density at radius 3 is 2.50 bits per heavy atom. The first-order chi connectivity index (χ1) is 13.5. The van der Waals surface area contributed by atoms with E-state index in [1.165, 1.54) is 0 Å². The zero-order chi connectivity index (χ0) is 20.1. The Bertz CT molecular complexity index is 787. The standard InChI is InChI=1S/C20H23F2N3O3/c1-13-8-24-9-14(2)25(13)20(26)28-12-17-18(21)6-16(7-19(17)22)27-11-15-4-3-5-23-10-15/h3-7,10,13-14,24H,8-9,11-12H2,1-2H3/t13-,14+. The van der Waals surface area contributed by atoms with Crippen molar-refractivity contribution in [3.8, 4) is 5.75 Å². The molecule has 1 N–H and O–H groups in total. The van der Waals surface area contributed by atoms with Gasteiger partial charge < -0.3 is 19.7 Å². The van der Waals surface area contributed by atoms with E-state index in [1.807, 2.05) is 13.8 Å². The van der Waals surface area contributed by atoms with Gasteiger partial charge in [0, 0.05) is 55.3 Å². The molecule has 8 heteroatoms. The summed E-state index contributed by atoms with van der Waals surface area (Å²) in [5.41, 5.74) is 0.470. The number of hydrogen-bond acceptors (Lipinski definition) is 5. The van der Waals surface area contributed by atoms with Crippen molar-refractivity contribution in [2.24, 2.45) is 0 Å². The smallest absolute Gasteiger partial charge is 0.410 e. The molecule has 6 nitrogen and oxygen atoms in total. The molecular formula is C20H23F2N3O3. The molecule has 1 aliphatic heterocycles. The predicted octanol–water partition coefficient (Wildman–Crippen LogP) is 3.26. The number of amides is 1. The van der Waals surface area contributed by atoms with Crippen LogP contribution in [0.4, 0.5) is 13.6 Å². The molecule has 2 heterocycles. The van der Waals surface area contributed by atoms with Crippen LogP contribution in [0.25, 0.3) is 0 Å².